The zero-order valence-corrected chi connectivity index (χ0v) is 11.9. The van der Waals surface area contributed by atoms with Crippen molar-refractivity contribution in [2.75, 3.05) is 40.0 Å². The zero-order valence-electron chi connectivity index (χ0n) is 11.9. The van der Waals surface area contributed by atoms with E-state index in [1.165, 1.54) is 31.3 Å². The monoisotopic (exact) mass is 270 g/mol. The molecule has 0 spiro atoms. The van der Waals surface area contributed by atoms with Gasteiger partial charge in [0.2, 0.25) is 0 Å². The third-order valence-electron chi connectivity index (χ3n) is 3.08. The minimum atomic E-state index is -0.119. The van der Waals surface area contributed by atoms with Crippen LogP contribution < -0.4 is 10.6 Å². The van der Waals surface area contributed by atoms with E-state index < -0.39 is 0 Å². The van der Waals surface area contributed by atoms with Crippen molar-refractivity contribution >= 4 is 6.03 Å². The van der Waals surface area contributed by atoms with E-state index in [1.54, 1.807) is 7.11 Å². The minimum absolute atomic E-state index is 0.119. The highest BCUT2D eigenvalue weighted by molar-refractivity contribution is 5.73. The van der Waals surface area contributed by atoms with Crippen LogP contribution in [-0.2, 0) is 9.47 Å². The molecule has 0 unspecified atom stereocenters. The van der Waals surface area contributed by atoms with Gasteiger partial charge in [-0.3, -0.25) is 0 Å². The first kappa shape index (κ1) is 16.0. The normalized spacial score (nSPS) is 14.9. The Labute approximate surface area is 115 Å². The van der Waals surface area contributed by atoms with Gasteiger partial charge >= 0.3 is 6.03 Å². The van der Waals surface area contributed by atoms with Gasteiger partial charge in [-0.15, -0.1) is 0 Å². The van der Waals surface area contributed by atoms with Crippen molar-refractivity contribution in [3.05, 3.63) is 11.6 Å². The summed E-state index contributed by atoms with van der Waals surface area (Å²) in [5, 5.41) is 5.62. The van der Waals surface area contributed by atoms with Crippen LogP contribution in [0.3, 0.4) is 0 Å². The van der Waals surface area contributed by atoms with E-state index >= 15 is 0 Å². The average Bonchev–Trinajstić information content (AvgIpc) is 2.44. The van der Waals surface area contributed by atoms with E-state index in [9.17, 15) is 4.79 Å². The molecule has 0 saturated carbocycles. The third kappa shape index (κ3) is 8.61. The third-order valence-corrected chi connectivity index (χ3v) is 3.08. The molecule has 2 amide bonds. The highest BCUT2D eigenvalue weighted by Crippen LogP contribution is 2.19. The first-order valence-electron chi connectivity index (χ1n) is 7.09. The number of urea groups is 1. The fourth-order valence-electron chi connectivity index (χ4n) is 2.01. The summed E-state index contributed by atoms with van der Waals surface area (Å²) < 4.78 is 10.1. The van der Waals surface area contributed by atoms with Crippen LogP contribution in [0.1, 0.15) is 32.1 Å². The topological polar surface area (TPSA) is 59.6 Å². The molecule has 1 aliphatic carbocycles. The number of methoxy groups -OCH3 is 1. The lowest BCUT2D eigenvalue weighted by atomic mass is 9.97. The summed E-state index contributed by atoms with van der Waals surface area (Å²) in [5.74, 6) is 0. The molecule has 0 bridgehead atoms. The number of allylic oxidation sites excluding steroid dienone is 1. The predicted octanol–water partition coefficient (Wildman–Crippen LogP) is 1.84. The van der Waals surface area contributed by atoms with E-state index in [1.807, 2.05) is 0 Å². The summed E-state index contributed by atoms with van der Waals surface area (Å²) >= 11 is 0. The van der Waals surface area contributed by atoms with Gasteiger partial charge in [-0.2, -0.15) is 0 Å². The van der Waals surface area contributed by atoms with E-state index in [-0.39, 0.29) is 6.03 Å². The summed E-state index contributed by atoms with van der Waals surface area (Å²) in [6, 6.07) is -0.119. The molecule has 5 nitrogen and oxygen atoms in total. The van der Waals surface area contributed by atoms with Gasteiger partial charge in [0, 0.05) is 20.2 Å². The van der Waals surface area contributed by atoms with E-state index in [2.05, 4.69) is 16.7 Å². The molecule has 0 fully saturated rings. The molecule has 5 heteroatoms. The van der Waals surface area contributed by atoms with Crippen molar-refractivity contribution in [2.45, 2.75) is 32.1 Å². The van der Waals surface area contributed by atoms with Gasteiger partial charge in [0.1, 0.15) is 0 Å². The Kier molecular flexibility index (Phi) is 9.10. The standard InChI is InChI=1S/C14H26N2O3/c1-18-11-12-19-10-9-16-14(17)15-8-7-13-5-3-2-4-6-13/h5H,2-4,6-12H2,1H3,(H2,15,16,17). The van der Waals surface area contributed by atoms with Crippen LogP contribution in [0.5, 0.6) is 0 Å². The Morgan fingerprint density at radius 2 is 2.05 bits per heavy atom. The molecule has 0 aromatic rings. The van der Waals surface area contributed by atoms with E-state index in [0.717, 1.165) is 6.42 Å². The number of amides is 2. The van der Waals surface area contributed by atoms with Crippen LogP contribution in [0, 0.1) is 0 Å². The summed E-state index contributed by atoms with van der Waals surface area (Å²) in [4.78, 5) is 11.5. The molecular weight excluding hydrogens is 244 g/mol. The van der Waals surface area contributed by atoms with Gasteiger partial charge in [-0.25, -0.2) is 4.79 Å². The number of hydrogen-bond donors (Lipinski definition) is 2. The van der Waals surface area contributed by atoms with Crippen LogP contribution in [-0.4, -0.2) is 46.1 Å². The number of rotatable bonds is 9. The minimum Gasteiger partial charge on any atom is -0.382 e. The fourth-order valence-corrected chi connectivity index (χ4v) is 2.01. The molecule has 0 aromatic heterocycles. The van der Waals surface area contributed by atoms with E-state index in [4.69, 9.17) is 9.47 Å². The van der Waals surface area contributed by atoms with Crippen molar-refractivity contribution < 1.29 is 14.3 Å². The molecule has 0 aromatic carbocycles. The summed E-state index contributed by atoms with van der Waals surface area (Å²) in [7, 11) is 1.64. The Morgan fingerprint density at radius 1 is 1.21 bits per heavy atom. The van der Waals surface area contributed by atoms with Crippen molar-refractivity contribution in [1.29, 1.82) is 0 Å². The Balaban J connectivity index is 1.91. The van der Waals surface area contributed by atoms with Crippen LogP contribution >= 0.6 is 0 Å². The molecule has 0 radical (unpaired) electrons. The summed E-state index contributed by atoms with van der Waals surface area (Å²) in [6.45, 7) is 2.90. The zero-order chi connectivity index (χ0) is 13.8. The van der Waals surface area contributed by atoms with Crippen molar-refractivity contribution in [2.24, 2.45) is 0 Å². The average molecular weight is 270 g/mol. The van der Waals surface area contributed by atoms with Crippen LogP contribution in [0.4, 0.5) is 4.79 Å². The second kappa shape index (κ2) is 10.8. The highest BCUT2D eigenvalue weighted by atomic mass is 16.5. The van der Waals surface area contributed by atoms with Gasteiger partial charge in [0.15, 0.2) is 0 Å². The molecule has 2 N–H and O–H groups in total. The Morgan fingerprint density at radius 3 is 2.79 bits per heavy atom. The van der Waals surface area contributed by atoms with Crippen LogP contribution in [0.25, 0.3) is 0 Å². The van der Waals surface area contributed by atoms with Gasteiger partial charge in [0.05, 0.1) is 19.8 Å². The van der Waals surface area contributed by atoms with E-state index in [0.29, 0.717) is 32.9 Å². The maximum atomic E-state index is 11.5. The maximum absolute atomic E-state index is 11.5. The van der Waals surface area contributed by atoms with Gasteiger partial charge in [-0.05, 0) is 32.1 Å². The second-order valence-electron chi connectivity index (χ2n) is 4.65. The number of ether oxygens (including phenoxy) is 2. The maximum Gasteiger partial charge on any atom is 0.314 e. The number of nitrogens with one attached hydrogen (secondary N) is 2. The van der Waals surface area contributed by atoms with Crippen molar-refractivity contribution in [1.82, 2.24) is 10.6 Å². The Bertz CT molecular complexity index is 280. The number of hydrogen-bond acceptors (Lipinski definition) is 3. The fraction of sp³-hybridized carbons (Fsp3) is 0.786. The molecular formula is C14H26N2O3. The summed E-state index contributed by atoms with van der Waals surface area (Å²) in [5.41, 5.74) is 1.48. The molecule has 0 saturated heterocycles. The molecule has 0 atom stereocenters. The Hall–Kier alpha value is -1.07. The second-order valence-corrected chi connectivity index (χ2v) is 4.65. The largest absolute Gasteiger partial charge is 0.382 e. The highest BCUT2D eigenvalue weighted by Gasteiger charge is 2.04. The van der Waals surface area contributed by atoms with Crippen LogP contribution in [0.2, 0.25) is 0 Å². The quantitative estimate of drug-likeness (QED) is 0.496. The molecule has 0 aliphatic heterocycles. The van der Waals surface area contributed by atoms with Crippen LogP contribution in [0.15, 0.2) is 11.6 Å². The lowest BCUT2D eigenvalue weighted by Crippen LogP contribution is -2.38. The predicted molar refractivity (Wildman–Crippen MR) is 75.3 cm³/mol. The first-order chi connectivity index (χ1) is 9.33. The SMILES string of the molecule is COCCOCCNC(=O)NCCC1=CCCCC1. The van der Waals surface area contributed by atoms with Gasteiger partial charge in [0.25, 0.3) is 0 Å². The first-order valence-corrected chi connectivity index (χ1v) is 7.09. The number of carbonyl (C=O) groups is 1. The lowest BCUT2D eigenvalue weighted by Gasteiger charge is -2.13. The molecule has 110 valence electrons. The van der Waals surface area contributed by atoms with Crippen molar-refractivity contribution in [3.8, 4) is 0 Å². The van der Waals surface area contributed by atoms with Crippen molar-refractivity contribution in [3.63, 3.8) is 0 Å². The molecule has 0 heterocycles. The van der Waals surface area contributed by atoms with Gasteiger partial charge < -0.3 is 20.1 Å². The smallest absolute Gasteiger partial charge is 0.314 e. The molecule has 1 aliphatic rings. The van der Waals surface area contributed by atoms with Gasteiger partial charge in [-0.1, -0.05) is 11.6 Å². The molecule has 19 heavy (non-hydrogen) atoms. The number of carbonyl (C=O) groups excluding carboxylic acids is 1. The summed E-state index contributed by atoms with van der Waals surface area (Å²) in [6.07, 6.45) is 8.26. The lowest BCUT2D eigenvalue weighted by molar-refractivity contribution is 0.0726. The molecule has 1 rings (SSSR count).